The molecule has 0 aromatic heterocycles. The highest BCUT2D eigenvalue weighted by Crippen LogP contribution is 2.24. The van der Waals surface area contributed by atoms with E-state index in [2.05, 4.69) is 48.0 Å². The fourth-order valence-corrected chi connectivity index (χ4v) is 3.41. The van der Waals surface area contributed by atoms with Crippen molar-refractivity contribution in [2.75, 3.05) is 0 Å². The molecule has 31 heavy (non-hydrogen) atoms. The molecule has 3 rings (SSSR count). The molecule has 3 aromatic carbocycles. The van der Waals surface area contributed by atoms with Crippen LogP contribution < -0.4 is 0 Å². The minimum atomic E-state index is -0.261. The lowest BCUT2D eigenvalue weighted by atomic mass is 10.0. The van der Waals surface area contributed by atoms with E-state index in [1.54, 1.807) is 18.5 Å². The van der Waals surface area contributed by atoms with Gasteiger partial charge in [0, 0.05) is 5.56 Å². The molecule has 0 radical (unpaired) electrons. The number of hydrogen-bond acceptors (Lipinski definition) is 2. The summed E-state index contributed by atoms with van der Waals surface area (Å²) in [5, 5.41) is 8.15. The van der Waals surface area contributed by atoms with Gasteiger partial charge in [0.25, 0.3) is 0 Å². The molecule has 2 nitrogen and oxygen atoms in total. The van der Waals surface area contributed by atoms with Crippen molar-refractivity contribution in [3.63, 3.8) is 0 Å². The minimum Gasteiger partial charge on any atom is -0.206 e. The normalized spacial score (nSPS) is 11.4. The summed E-state index contributed by atoms with van der Waals surface area (Å²) >= 11 is 0. The van der Waals surface area contributed by atoms with Gasteiger partial charge >= 0.3 is 0 Å². The highest BCUT2D eigenvalue weighted by Gasteiger charge is 2.06. The molecule has 0 bridgehead atoms. The fourth-order valence-electron chi connectivity index (χ4n) is 3.41. The molecule has 0 spiro atoms. The van der Waals surface area contributed by atoms with E-state index in [4.69, 9.17) is 0 Å². The molecule has 0 N–H and O–H groups in total. The smallest absolute Gasteiger partial charge is 0.131 e. The molecular weight excluding hydrogens is 383 g/mol. The van der Waals surface area contributed by atoms with Crippen molar-refractivity contribution >= 4 is 12.4 Å². The number of allylic oxidation sites excluding steroid dienone is 1. The summed E-state index contributed by atoms with van der Waals surface area (Å²) in [5.41, 5.74) is 5.72. The van der Waals surface area contributed by atoms with Crippen LogP contribution in [0.4, 0.5) is 4.39 Å². The molecular formula is C28H29FN2. The van der Waals surface area contributed by atoms with Gasteiger partial charge in [-0.05, 0) is 59.6 Å². The Morgan fingerprint density at radius 3 is 2.06 bits per heavy atom. The van der Waals surface area contributed by atoms with Gasteiger partial charge in [0.05, 0.1) is 12.4 Å². The number of halogens is 1. The molecule has 3 aromatic rings. The Morgan fingerprint density at radius 2 is 1.42 bits per heavy atom. The van der Waals surface area contributed by atoms with Gasteiger partial charge in [-0.1, -0.05) is 80.1 Å². The third-order valence-corrected chi connectivity index (χ3v) is 5.13. The van der Waals surface area contributed by atoms with Crippen LogP contribution in [0.1, 0.15) is 48.4 Å². The van der Waals surface area contributed by atoms with Gasteiger partial charge in [-0.3, -0.25) is 0 Å². The quantitative estimate of drug-likeness (QED) is 0.143. The minimum absolute atomic E-state index is 0.261. The van der Waals surface area contributed by atoms with Gasteiger partial charge in [-0.2, -0.15) is 10.2 Å². The van der Waals surface area contributed by atoms with Crippen LogP contribution in [-0.4, -0.2) is 12.4 Å². The van der Waals surface area contributed by atoms with E-state index >= 15 is 0 Å². The van der Waals surface area contributed by atoms with Crippen molar-refractivity contribution in [2.24, 2.45) is 10.2 Å². The lowest BCUT2D eigenvalue weighted by molar-refractivity contribution is 0.631. The molecule has 158 valence electrons. The van der Waals surface area contributed by atoms with Crippen molar-refractivity contribution in [1.29, 1.82) is 0 Å². The average Bonchev–Trinajstić information content (AvgIpc) is 2.79. The molecule has 0 amide bonds. The Bertz CT molecular complexity index is 1030. The van der Waals surface area contributed by atoms with E-state index < -0.39 is 0 Å². The monoisotopic (exact) mass is 412 g/mol. The molecule has 0 aliphatic heterocycles. The van der Waals surface area contributed by atoms with Gasteiger partial charge in [-0.25, -0.2) is 4.39 Å². The highest BCUT2D eigenvalue weighted by molar-refractivity contribution is 5.83. The summed E-state index contributed by atoms with van der Waals surface area (Å²) < 4.78 is 14.6. The summed E-state index contributed by atoms with van der Waals surface area (Å²) in [6.45, 7) is 5.90. The number of rotatable bonds is 10. The predicted molar refractivity (Wildman–Crippen MR) is 131 cm³/mol. The number of nitrogens with zero attached hydrogens (tertiary/aromatic N) is 2. The first kappa shape index (κ1) is 22.4. The first-order valence-corrected chi connectivity index (χ1v) is 10.8. The van der Waals surface area contributed by atoms with Crippen molar-refractivity contribution in [3.05, 3.63) is 107 Å². The third kappa shape index (κ3) is 6.85. The van der Waals surface area contributed by atoms with E-state index in [0.717, 1.165) is 43.2 Å². The summed E-state index contributed by atoms with van der Waals surface area (Å²) in [7, 11) is 0. The zero-order chi connectivity index (χ0) is 21.9. The SMILES string of the molecule is C=CCCCc1ccc(C=NN=Cc2ccc(-c3ccc(CCC)cc3)c(F)c2)cc1. The second-order valence-corrected chi connectivity index (χ2v) is 7.60. The van der Waals surface area contributed by atoms with Crippen molar-refractivity contribution in [3.8, 4) is 11.1 Å². The number of hydrogen-bond donors (Lipinski definition) is 0. The van der Waals surface area contributed by atoms with Crippen LogP contribution in [0.25, 0.3) is 11.1 Å². The third-order valence-electron chi connectivity index (χ3n) is 5.13. The maximum absolute atomic E-state index is 14.6. The molecule has 0 aliphatic rings. The first-order valence-electron chi connectivity index (χ1n) is 10.8. The lowest BCUT2D eigenvalue weighted by Crippen LogP contribution is -1.90. The van der Waals surface area contributed by atoms with E-state index in [9.17, 15) is 4.39 Å². The Labute approximate surface area is 184 Å². The van der Waals surface area contributed by atoms with Crippen LogP contribution in [0, 0.1) is 5.82 Å². The van der Waals surface area contributed by atoms with Crippen LogP contribution in [-0.2, 0) is 12.8 Å². The largest absolute Gasteiger partial charge is 0.206 e. The Kier molecular flexibility index (Phi) is 8.48. The summed E-state index contributed by atoms with van der Waals surface area (Å²) in [6.07, 6.45) is 10.6. The Balaban J connectivity index is 1.59. The van der Waals surface area contributed by atoms with E-state index in [-0.39, 0.29) is 5.82 Å². The molecule has 3 heteroatoms. The van der Waals surface area contributed by atoms with E-state index in [0.29, 0.717) is 11.1 Å². The number of aryl methyl sites for hydroxylation is 2. The molecule has 0 aliphatic carbocycles. The lowest BCUT2D eigenvalue weighted by Gasteiger charge is -2.06. The summed E-state index contributed by atoms with van der Waals surface area (Å²) in [5.74, 6) is -0.261. The van der Waals surface area contributed by atoms with E-state index in [1.165, 1.54) is 17.2 Å². The van der Waals surface area contributed by atoms with Gasteiger partial charge < -0.3 is 0 Å². The standard InChI is InChI=1S/C28H29FN2/c1-3-5-6-8-23-9-11-24(12-10-23)20-30-31-21-25-15-18-27(28(29)19-25)26-16-13-22(7-4-2)14-17-26/h3,9-21H,1,4-8H2,2H3. The summed E-state index contributed by atoms with van der Waals surface area (Å²) in [6, 6.07) is 21.5. The number of benzene rings is 3. The van der Waals surface area contributed by atoms with Gasteiger partial charge in [0.15, 0.2) is 0 Å². The van der Waals surface area contributed by atoms with E-state index in [1.807, 2.05) is 36.4 Å². The van der Waals surface area contributed by atoms with Crippen LogP contribution in [0.15, 0.2) is 89.6 Å². The zero-order valence-electron chi connectivity index (χ0n) is 18.1. The topological polar surface area (TPSA) is 24.7 Å². The molecule has 0 saturated heterocycles. The predicted octanol–water partition coefficient (Wildman–Crippen LogP) is 7.41. The average molecular weight is 413 g/mol. The zero-order valence-corrected chi connectivity index (χ0v) is 18.1. The second-order valence-electron chi connectivity index (χ2n) is 7.60. The molecule has 0 unspecified atom stereocenters. The van der Waals surface area contributed by atoms with Gasteiger partial charge in [0.1, 0.15) is 5.82 Å². The molecule has 0 fully saturated rings. The maximum atomic E-state index is 14.6. The van der Waals surface area contributed by atoms with Gasteiger partial charge in [-0.15, -0.1) is 6.58 Å². The van der Waals surface area contributed by atoms with Crippen LogP contribution in [0.3, 0.4) is 0 Å². The Morgan fingerprint density at radius 1 is 0.806 bits per heavy atom. The highest BCUT2D eigenvalue weighted by atomic mass is 19.1. The second kappa shape index (κ2) is 11.8. The van der Waals surface area contributed by atoms with Crippen LogP contribution in [0.2, 0.25) is 0 Å². The summed E-state index contributed by atoms with van der Waals surface area (Å²) in [4.78, 5) is 0. The maximum Gasteiger partial charge on any atom is 0.131 e. The number of unbranched alkanes of at least 4 members (excludes halogenated alkanes) is 1. The fraction of sp³-hybridized carbons (Fsp3) is 0.214. The van der Waals surface area contributed by atoms with Crippen molar-refractivity contribution in [1.82, 2.24) is 0 Å². The van der Waals surface area contributed by atoms with Crippen molar-refractivity contribution < 1.29 is 4.39 Å². The van der Waals surface area contributed by atoms with Crippen LogP contribution in [0.5, 0.6) is 0 Å². The van der Waals surface area contributed by atoms with Gasteiger partial charge in [0.2, 0.25) is 0 Å². The molecule has 0 saturated carbocycles. The molecule has 0 heterocycles. The van der Waals surface area contributed by atoms with Crippen LogP contribution >= 0.6 is 0 Å². The van der Waals surface area contributed by atoms with Crippen molar-refractivity contribution in [2.45, 2.75) is 39.0 Å². The Hall–Kier alpha value is -3.33. The first-order chi connectivity index (χ1) is 15.2. The molecule has 0 atom stereocenters.